The van der Waals surface area contributed by atoms with Gasteiger partial charge in [0.2, 0.25) is 0 Å². The number of nitrogens with one attached hydrogen (secondary N) is 1. The lowest BCUT2D eigenvalue weighted by Crippen LogP contribution is -2.21. The molecule has 1 aliphatic carbocycles. The summed E-state index contributed by atoms with van der Waals surface area (Å²) in [7, 11) is 1.35. The van der Waals surface area contributed by atoms with Crippen LogP contribution in [0.15, 0.2) is 46.3 Å². The number of fused-ring (bicyclic) bond motifs is 1. The lowest BCUT2D eigenvalue weighted by atomic mass is 9.89. The Morgan fingerprint density at radius 2 is 1.88 bits per heavy atom. The summed E-state index contributed by atoms with van der Waals surface area (Å²) in [6, 6.07) is 12.2. The van der Waals surface area contributed by atoms with Crippen LogP contribution >= 0.6 is 27.3 Å². The van der Waals surface area contributed by atoms with E-state index in [1.54, 1.807) is 0 Å². The number of hydrogen-bond acceptors (Lipinski definition) is 5. The molecule has 1 amide bonds. The number of hydrogen-bond donors (Lipinski definition) is 1. The molecular formula is C27H28BrNO4S. The Bertz CT molecular complexity index is 1200. The van der Waals surface area contributed by atoms with Crippen molar-refractivity contribution in [2.75, 3.05) is 19.0 Å². The van der Waals surface area contributed by atoms with E-state index in [0.717, 1.165) is 41.3 Å². The Labute approximate surface area is 212 Å². The highest BCUT2D eigenvalue weighted by molar-refractivity contribution is 9.10. The number of amides is 1. The maximum absolute atomic E-state index is 12.7. The molecule has 0 unspecified atom stereocenters. The summed E-state index contributed by atoms with van der Waals surface area (Å²) < 4.78 is 11.6. The van der Waals surface area contributed by atoms with E-state index in [1.165, 1.54) is 48.0 Å². The maximum atomic E-state index is 12.7. The number of thiophene rings is 1. The zero-order valence-corrected chi connectivity index (χ0v) is 21.8. The number of halogens is 1. The minimum absolute atomic E-state index is 0.168. The van der Waals surface area contributed by atoms with Gasteiger partial charge in [-0.05, 0) is 82.4 Å². The van der Waals surface area contributed by atoms with Crippen molar-refractivity contribution in [3.05, 3.63) is 68.5 Å². The van der Waals surface area contributed by atoms with E-state index in [0.29, 0.717) is 16.3 Å². The lowest BCUT2D eigenvalue weighted by molar-refractivity contribution is -0.118. The van der Waals surface area contributed by atoms with Crippen LogP contribution in [0, 0.1) is 0 Å². The second-order valence-electron chi connectivity index (χ2n) is 8.39. The van der Waals surface area contributed by atoms with Gasteiger partial charge in [0.15, 0.2) is 6.61 Å². The molecule has 0 radical (unpaired) electrons. The normalized spacial score (nSPS) is 12.7. The minimum Gasteiger partial charge on any atom is -0.483 e. The predicted octanol–water partition coefficient (Wildman–Crippen LogP) is 6.81. The van der Waals surface area contributed by atoms with Crippen molar-refractivity contribution in [1.29, 1.82) is 0 Å². The quantitative estimate of drug-likeness (QED) is 0.318. The number of rotatable bonds is 8. The van der Waals surface area contributed by atoms with Crippen LogP contribution in [0.5, 0.6) is 5.75 Å². The molecule has 0 atom stereocenters. The molecule has 0 fully saturated rings. The summed E-state index contributed by atoms with van der Waals surface area (Å²) in [5.41, 5.74) is 6.04. The highest BCUT2D eigenvalue weighted by Crippen LogP contribution is 2.38. The molecular weight excluding hydrogens is 514 g/mol. The van der Waals surface area contributed by atoms with Gasteiger partial charge in [-0.25, -0.2) is 4.79 Å². The van der Waals surface area contributed by atoms with Gasteiger partial charge >= 0.3 is 5.97 Å². The summed E-state index contributed by atoms with van der Waals surface area (Å²) in [4.78, 5) is 25.3. The van der Waals surface area contributed by atoms with Crippen LogP contribution in [0.3, 0.4) is 0 Å². The van der Waals surface area contributed by atoms with Gasteiger partial charge in [0.1, 0.15) is 16.3 Å². The number of methoxy groups -OCH3 is 1. The van der Waals surface area contributed by atoms with Crippen molar-refractivity contribution in [1.82, 2.24) is 0 Å². The third-order valence-electron chi connectivity index (χ3n) is 5.99. The third kappa shape index (κ3) is 5.53. The molecule has 0 saturated carbocycles. The second kappa shape index (κ2) is 11.2. The molecule has 34 heavy (non-hydrogen) atoms. The molecule has 1 heterocycles. The van der Waals surface area contributed by atoms with Gasteiger partial charge in [-0.15, -0.1) is 11.3 Å². The number of ether oxygens (including phenoxy) is 2. The molecule has 4 rings (SSSR count). The van der Waals surface area contributed by atoms with Gasteiger partial charge < -0.3 is 14.8 Å². The first kappa shape index (κ1) is 24.5. The highest BCUT2D eigenvalue weighted by Gasteiger charge is 2.23. The van der Waals surface area contributed by atoms with E-state index in [-0.39, 0.29) is 12.5 Å². The molecule has 1 N–H and O–H groups in total. The van der Waals surface area contributed by atoms with E-state index in [2.05, 4.69) is 40.3 Å². The highest BCUT2D eigenvalue weighted by atomic mass is 79.9. The smallest absolute Gasteiger partial charge is 0.341 e. The summed E-state index contributed by atoms with van der Waals surface area (Å²) in [6.07, 6.45) is 6.60. The first-order valence-electron chi connectivity index (χ1n) is 11.5. The topological polar surface area (TPSA) is 64.6 Å². The zero-order valence-electron chi connectivity index (χ0n) is 19.4. The van der Waals surface area contributed by atoms with E-state index < -0.39 is 5.97 Å². The van der Waals surface area contributed by atoms with Gasteiger partial charge in [0.25, 0.3) is 5.91 Å². The summed E-state index contributed by atoms with van der Waals surface area (Å²) in [6.45, 7) is 1.96. The van der Waals surface area contributed by atoms with Crippen LogP contribution in [0.2, 0.25) is 0 Å². The monoisotopic (exact) mass is 541 g/mol. The fraction of sp³-hybridized carbons (Fsp3) is 0.333. The Kier molecular flexibility index (Phi) is 8.06. The van der Waals surface area contributed by atoms with Crippen molar-refractivity contribution >= 4 is 44.1 Å². The van der Waals surface area contributed by atoms with E-state index in [9.17, 15) is 9.59 Å². The average molecular weight is 542 g/mol. The van der Waals surface area contributed by atoms with Crippen LogP contribution in [-0.2, 0) is 28.8 Å². The zero-order chi connectivity index (χ0) is 24.1. The number of esters is 1. The Morgan fingerprint density at radius 3 is 2.62 bits per heavy atom. The van der Waals surface area contributed by atoms with Crippen LogP contribution in [0.4, 0.5) is 5.00 Å². The van der Waals surface area contributed by atoms with Gasteiger partial charge in [-0.3, -0.25) is 4.79 Å². The van der Waals surface area contributed by atoms with Crippen LogP contribution < -0.4 is 10.1 Å². The molecule has 0 aliphatic heterocycles. The van der Waals surface area contributed by atoms with Gasteiger partial charge in [0.05, 0.1) is 11.6 Å². The number of anilines is 1. The van der Waals surface area contributed by atoms with Gasteiger partial charge in [-0.2, -0.15) is 0 Å². The molecule has 3 aromatic rings. The number of carbonyl (C=O) groups is 2. The standard InChI is InChI=1S/C27H28BrNO4S/c1-3-6-17-9-12-23(22(28)13-17)33-15-24(30)29-26-25(27(31)32-2)21(16-34-26)20-11-10-18-7-4-5-8-19(18)14-20/h9-14,16H,3-8,15H2,1-2H3,(H,29,30). The van der Waals surface area contributed by atoms with Gasteiger partial charge in [0, 0.05) is 10.9 Å². The van der Waals surface area contributed by atoms with Crippen molar-refractivity contribution in [3.63, 3.8) is 0 Å². The molecule has 0 bridgehead atoms. The van der Waals surface area contributed by atoms with E-state index in [4.69, 9.17) is 9.47 Å². The Morgan fingerprint density at radius 1 is 1.09 bits per heavy atom. The SMILES string of the molecule is CCCc1ccc(OCC(=O)Nc2scc(-c3ccc4c(c3)CCCC4)c2C(=O)OC)c(Br)c1. The predicted molar refractivity (Wildman–Crippen MR) is 140 cm³/mol. The first-order chi connectivity index (χ1) is 16.5. The Balaban J connectivity index is 1.50. The number of benzene rings is 2. The van der Waals surface area contributed by atoms with Crippen molar-refractivity contribution in [2.45, 2.75) is 45.4 Å². The minimum atomic E-state index is -0.473. The van der Waals surface area contributed by atoms with Crippen molar-refractivity contribution in [2.24, 2.45) is 0 Å². The van der Waals surface area contributed by atoms with Crippen LogP contribution in [0.25, 0.3) is 11.1 Å². The van der Waals surface area contributed by atoms with Crippen molar-refractivity contribution < 1.29 is 19.1 Å². The molecule has 0 spiro atoms. The molecule has 0 saturated heterocycles. The average Bonchev–Trinajstić information content (AvgIpc) is 3.26. The largest absolute Gasteiger partial charge is 0.483 e. The Hall–Kier alpha value is -2.64. The van der Waals surface area contributed by atoms with Gasteiger partial charge in [-0.1, -0.05) is 37.6 Å². The fourth-order valence-corrected chi connectivity index (χ4v) is 5.79. The second-order valence-corrected chi connectivity index (χ2v) is 10.1. The first-order valence-corrected chi connectivity index (χ1v) is 13.2. The molecule has 178 valence electrons. The molecule has 1 aromatic heterocycles. The summed E-state index contributed by atoms with van der Waals surface area (Å²) in [5, 5.41) is 5.20. The van der Waals surface area contributed by atoms with Crippen LogP contribution in [-0.4, -0.2) is 25.6 Å². The van der Waals surface area contributed by atoms with Crippen LogP contribution in [0.1, 0.15) is 53.2 Å². The molecule has 2 aromatic carbocycles. The van der Waals surface area contributed by atoms with E-state index in [1.807, 2.05) is 29.6 Å². The fourth-order valence-electron chi connectivity index (χ4n) is 4.28. The number of carbonyl (C=O) groups excluding carboxylic acids is 2. The third-order valence-corrected chi connectivity index (χ3v) is 7.50. The molecule has 7 heteroatoms. The molecule has 1 aliphatic rings. The lowest BCUT2D eigenvalue weighted by Gasteiger charge is -2.16. The summed E-state index contributed by atoms with van der Waals surface area (Å²) >= 11 is 4.83. The van der Waals surface area contributed by atoms with Crippen molar-refractivity contribution in [3.8, 4) is 16.9 Å². The molecule has 5 nitrogen and oxygen atoms in total. The summed E-state index contributed by atoms with van der Waals surface area (Å²) in [5.74, 6) is -0.211. The maximum Gasteiger partial charge on any atom is 0.341 e. The number of aryl methyl sites for hydroxylation is 3. The van der Waals surface area contributed by atoms with E-state index >= 15 is 0 Å².